The summed E-state index contributed by atoms with van der Waals surface area (Å²) in [6.45, 7) is 1.32. The number of ether oxygens (including phenoxy) is 1. The average molecular weight is 208 g/mol. The Balaban J connectivity index is 3.06. The topological polar surface area (TPSA) is 63.6 Å². The molecule has 80 valence electrons. The number of carbonyl (C=O) groups is 2. The predicted molar refractivity (Wildman–Crippen MR) is 53.8 cm³/mol. The molecule has 1 aromatic rings. The van der Waals surface area contributed by atoms with Gasteiger partial charge in [0.1, 0.15) is 6.61 Å². The molecule has 0 bridgehead atoms. The summed E-state index contributed by atoms with van der Waals surface area (Å²) in [5.41, 5.74) is 0.386. The van der Waals surface area contributed by atoms with Crippen molar-refractivity contribution in [2.75, 3.05) is 13.2 Å². The van der Waals surface area contributed by atoms with Crippen LogP contribution < -0.4 is 0 Å². The number of esters is 1. The monoisotopic (exact) mass is 208 g/mol. The van der Waals surface area contributed by atoms with Gasteiger partial charge < -0.3 is 9.84 Å². The van der Waals surface area contributed by atoms with Crippen LogP contribution in [0.2, 0.25) is 0 Å². The molecule has 0 saturated heterocycles. The molecule has 4 heteroatoms. The van der Waals surface area contributed by atoms with Gasteiger partial charge in [0, 0.05) is 5.56 Å². The van der Waals surface area contributed by atoms with Crippen molar-refractivity contribution in [3.05, 3.63) is 35.4 Å². The van der Waals surface area contributed by atoms with Crippen molar-refractivity contribution in [3.63, 3.8) is 0 Å². The summed E-state index contributed by atoms with van der Waals surface area (Å²) in [6, 6.07) is 6.26. The number of rotatable bonds is 4. The molecule has 0 atom stereocenters. The third-order valence-electron chi connectivity index (χ3n) is 1.87. The fourth-order valence-electron chi connectivity index (χ4n) is 1.20. The van der Waals surface area contributed by atoms with Crippen LogP contribution in [-0.2, 0) is 4.74 Å². The highest BCUT2D eigenvalue weighted by atomic mass is 16.5. The summed E-state index contributed by atoms with van der Waals surface area (Å²) in [5.74, 6) is -1.03. The van der Waals surface area contributed by atoms with E-state index in [1.165, 1.54) is 12.1 Å². The molecule has 0 radical (unpaired) electrons. The number of ketones is 1. The largest absolute Gasteiger partial charge is 0.462 e. The van der Waals surface area contributed by atoms with Crippen molar-refractivity contribution >= 4 is 11.8 Å². The summed E-state index contributed by atoms with van der Waals surface area (Å²) in [5, 5.41) is 8.72. The van der Waals surface area contributed by atoms with Crippen molar-refractivity contribution in [1.82, 2.24) is 0 Å². The molecule has 0 amide bonds. The van der Waals surface area contributed by atoms with Crippen LogP contribution in [0.3, 0.4) is 0 Å². The molecule has 0 aliphatic heterocycles. The molecular weight excluding hydrogens is 196 g/mol. The highest BCUT2D eigenvalue weighted by Crippen LogP contribution is 2.10. The van der Waals surface area contributed by atoms with Gasteiger partial charge in [-0.1, -0.05) is 18.2 Å². The SMILES string of the molecule is CCOC(=O)c1ccccc1C(=O)CO. The van der Waals surface area contributed by atoms with Crippen LogP contribution >= 0.6 is 0 Å². The maximum atomic E-state index is 11.4. The lowest BCUT2D eigenvalue weighted by Gasteiger charge is -2.06. The molecule has 0 heterocycles. The van der Waals surface area contributed by atoms with E-state index in [9.17, 15) is 9.59 Å². The smallest absolute Gasteiger partial charge is 0.338 e. The van der Waals surface area contributed by atoms with Gasteiger partial charge in [0.2, 0.25) is 0 Å². The van der Waals surface area contributed by atoms with Crippen LogP contribution in [0.15, 0.2) is 24.3 Å². The Bertz CT molecular complexity index is 371. The Morgan fingerprint density at radius 3 is 2.40 bits per heavy atom. The van der Waals surface area contributed by atoms with Crippen molar-refractivity contribution in [1.29, 1.82) is 0 Å². The highest BCUT2D eigenvalue weighted by Gasteiger charge is 2.16. The van der Waals surface area contributed by atoms with Crippen LogP contribution in [0.1, 0.15) is 27.6 Å². The van der Waals surface area contributed by atoms with Gasteiger partial charge in [0.25, 0.3) is 0 Å². The molecule has 15 heavy (non-hydrogen) atoms. The zero-order valence-corrected chi connectivity index (χ0v) is 8.40. The lowest BCUT2D eigenvalue weighted by molar-refractivity contribution is 0.0522. The number of aliphatic hydroxyl groups is 1. The van der Waals surface area contributed by atoms with Crippen LogP contribution in [0.25, 0.3) is 0 Å². The Morgan fingerprint density at radius 1 is 1.27 bits per heavy atom. The van der Waals surface area contributed by atoms with Gasteiger partial charge in [-0.05, 0) is 13.0 Å². The standard InChI is InChI=1S/C11H12O4/c1-2-15-11(14)9-6-4-3-5-8(9)10(13)7-12/h3-6,12H,2,7H2,1H3. The molecule has 0 aromatic heterocycles. The molecular formula is C11H12O4. The van der Waals surface area contributed by atoms with Gasteiger partial charge in [-0.2, -0.15) is 0 Å². The van der Waals surface area contributed by atoms with E-state index in [2.05, 4.69) is 0 Å². The minimum absolute atomic E-state index is 0.193. The zero-order valence-electron chi connectivity index (χ0n) is 8.40. The molecule has 0 fully saturated rings. The Morgan fingerprint density at radius 2 is 1.87 bits per heavy atom. The molecule has 0 aliphatic carbocycles. The minimum Gasteiger partial charge on any atom is -0.462 e. The van der Waals surface area contributed by atoms with Crippen molar-refractivity contribution < 1.29 is 19.4 Å². The average Bonchev–Trinajstić information content (AvgIpc) is 2.28. The second kappa shape index (κ2) is 5.26. The summed E-state index contributed by atoms with van der Waals surface area (Å²) >= 11 is 0. The van der Waals surface area contributed by atoms with Crippen LogP contribution in [0.4, 0.5) is 0 Å². The summed E-state index contributed by atoms with van der Waals surface area (Å²) in [6.07, 6.45) is 0. The maximum absolute atomic E-state index is 11.4. The summed E-state index contributed by atoms with van der Waals surface area (Å²) in [7, 11) is 0. The number of benzene rings is 1. The quantitative estimate of drug-likeness (QED) is 0.593. The van der Waals surface area contributed by atoms with E-state index in [1.54, 1.807) is 19.1 Å². The third kappa shape index (κ3) is 2.63. The van der Waals surface area contributed by atoms with Gasteiger partial charge in [-0.3, -0.25) is 4.79 Å². The van der Waals surface area contributed by atoms with Crippen molar-refractivity contribution in [3.8, 4) is 0 Å². The zero-order chi connectivity index (χ0) is 11.3. The number of hydrogen-bond acceptors (Lipinski definition) is 4. The van der Waals surface area contributed by atoms with Crippen LogP contribution in [0, 0.1) is 0 Å². The van der Waals surface area contributed by atoms with Crippen molar-refractivity contribution in [2.45, 2.75) is 6.92 Å². The predicted octanol–water partition coefficient (Wildman–Crippen LogP) is 1.04. The summed E-state index contributed by atoms with van der Waals surface area (Å²) in [4.78, 5) is 22.7. The van der Waals surface area contributed by atoms with E-state index in [-0.39, 0.29) is 17.7 Å². The Hall–Kier alpha value is -1.68. The first kappa shape index (κ1) is 11.4. The number of hydrogen-bond donors (Lipinski definition) is 1. The first-order valence-corrected chi connectivity index (χ1v) is 4.61. The molecule has 1 rings (SSSR count). The second-order valence-electron chi connectivity index (χ2n) is 2.85. The van der Waals surface area contributed by atoms with E-state index in [1.807, 2.05) is 0 Å². The Kier molecular flexibility index (Phi) is 4.00. The van der Waals surface area contributed by atoms with E-state index >= 15 is 0 Å². The molecule has 1 aromatic carbocycles. The lowest BCUT2D eigenvalue weighted by atomic mass is 10.0. The molecule has 1 N–H and O–H groups in total. The molecule has 0 unspecified atom stereocenters. The van der Waals surface area contributed by atoms with Gasteiger partial charge in [0.15, 0.2) is 5.78 Å². The van der Waals surface area contributed by atoms with E-state index in [4.69, 9.17) is 9.84 Å². The maximum Gasteiger partial charge on any atom is 0.338 e. The van der Waals surface area contributed by atoms with Gasteiger partial charge in [-0.25, -0.2) is 4.79 Å². The van der Waals surface area contributed by atoms with Crippen LogP contribution in [0.5, 0.6) is 0 Å². The minimum atomic E-state index is -0.615. The molecule has 4 nitrogen and oxygen atoms in total. The highest BCUT2D eigenvalue weighted by molar-refractivity contribution is 6.06. The van der Waals surface area contributed by atoms with Gasteiger partial charge >= 0.3 is 5.97 Å². The third-order valence-corrected chi connectivity index (χ3v) is 1.87. The van der Waals surface area contributed by atoms with E-state index < -0.39 is 18.4 Å². The Labute approximate surface area is 87.5 Å². The first-order valence-electron chi connectivity index (χ1n) is 4.61. The molecule has 0 aliphatic rings. The molecule has 0 saturated carbocycles. The lowest BCUT2D eigenvalue weighted by Crippen LogP contribution is -2.13. The van der Waals surface area contributed by atoms with E-state index in [0.717, 1.165) is 0 Å². The van der Waals surface area contributed by atoms with Gasteiger partial charge in [0.05, 0.1) is 12.2 Å². The van der Waals surface area contributed by atoms with E-state index in [0.29, 0.717) is 0 Å². The van der Waals surface area contributed by atoms with Gasteiger partial charge in [-0.15, -0.1) is 0 Å². The fraction of sp³-hybridized carbons (Fsp3) is 0.273. The normalized spacial score (nSPS) is 9.73. The fourth-order valence-corrected chi connectivity index (χ4v) is 1.20. The number of aliphatic hydroxyl groups excluding tert-OH is 1. The first-order chi connectivity index (χ1) is 7.20. The summed E-state index contributed by atoms with van der Waals surface area (Å²) < 4.78 is 4.79. The number of carbonyl (C=O) groups excluding carboxylic acids is 2. The van der Waals surface area contributed by atoms with Crippen molar-refractivity contribution in [2.24, 2.45) is 0 Å². The molecule has 0 spiro atoms. The number of Topliss-reactive ketones (excluding diaryl/α,β-unsaturated/α-hetero) is 1. The second-order valence-corrected chi connectivity index (χ2v) is 2.85. The van der Waals surface area contributed by atoms with Crippen LogP contribution in [-0.4, -0.2) is 30.1 Å².